The number of nitrogens with zero attached hydrogens (tertiary/aromatic N) is 4. The molecule has 0 saturated heterocycles. The number of hydrogen-bond donors (Lipinski definition) is 0. The average molecular weight is 250 g/mol. The predicted octanol–water partition coefficient (Wildman–Crippen LogP) is 2.85. The van der Waals surface area contributed by atoms with E-state index in [1.807, 2.05) is 47.7 Å². The summed E-state index contributed by atoms with van der Waals surface area (Å²) in [6, 6.07) is 11.6. The number of hydrogen-bond acceptors (Lipinski definition) is 4. The van der Waals surface area contributed by atoms with E-state index in [4.69, 9.17) is 4.42 Å². The highest BCUT2D eigenvalue weighted by molar-refractivity contribution is 5.80. The molecule has 0 amide bonds. The SMILES string of the molecule is Cc1nc2ccccc2n2c(-c3ccco3)nnc12. The summed E-state index contributed by atoms with van der Waals surface area (Å²) in [5.74, 6) is 1.39. The summed E-state index contributed by atoms with van der Waals surface area (Å²) in [5, 5.41) is 8.44. The van der Waals surface area contributed by atoms with Crippen molar-refractivity contribution in [2.75, 3.05) is 0 Å². The maximum Gasteiger partial charge on any atom is 0.204 e. The Morgan fingerprint density at radius 1 is 1.05 bits per heavy atom. The molecule has 0 unspecified atom stereocenters. The topological polar surface area (TPSA) is 56.2 Å². The fraction of sp³-hybridized carbons (Fsp3) is 0.0714. The number of rotatable bonds is 1. The van der Waals surface area contributed by atoms with Crippen LogP contribution < -0.4 is 0 Å². The third-order valence-corrected chi connectivity index (χ3v) is 3.14. The maximum atomic E-state index is 5.43. The number of benzene rings is 1. The summed E-state index contributed by atoms with van der Waals surface area (Å²) < 4.78 is 7.41. The zero-order chi connectivity index (χ0) is 12.8. The van der Waals surface area contributed by atoms with Gasteiger partial charge in [-0.2, -0.15) is 0 Å². The number of fused-ring (bicyclic) bond motifs is 3. The van der Waals surface area contributed by atoms with E-state index in [9.17, 15) is 0 Å². The van der Waals surface area contributed by atoms with Gasteiger partial charge in [0.2, 0.25) is 5.82 Å². The van der Waals surface area contributed by atoms with Crippen LogP contribution in [0.1, 0.15) is 5.69 Å². The van der Waals surface area contributed by atoms with E-state index in [2.05, 4.69) is 15.2 Å². The molecule has 4 rings (SSSR count). The molecule has 0 fully saturated rings. The van der Waals surface area contributed by atoms with Gasteiger partial charge in [0.25, 0.3) is 0 Å². The second-order valence-electron chi connectivity index (χ2n) is 4.35. The van der Waals surface area contributed by atoms with E-state index in [1.54, 1.807) is 6.26 Å². The van der Waals surface area contributed by atoms with Crippen LogP contribution in [0.15, 0.2) is 47.1 Å². The van der Waals surface area contributed by atoms with E-state index in [0.717, 1.165) is 22.4 Å². The van der Waals surface area contributed by atoms with Crippen molar-refractivity contribution in [2.45, 2.75) is 6.92 Å². The normalized spacial score (nSPS) is 11.4. The number of para-hydroxylation sites is 2. The zero-order valence-corrected chi connectivity index (χ0v) is 10.2. The molecule has 4 aromatic rings. The third-order valence-electron chi connectivity index (χ3n) is 3.14. The molecule has 3 heterocycles. The second-order valence-corrected chi connectivity index (χ2v) is 4.35. The van der Waals surface area contributed by atoms with Crippen molar-refractivity contribution < 1.29 is 4.42 Å². The number of aromatic nitrogens is 4. The molecule has 0 aliphatic heterocycles. The molecular weight excluding hydrogens is 240 g/mol. The Kier molecular flexibility index (Phi) is 1.97. The van der Waals surface area contributed by atoms with Gasteiger partial charge < -0.3 is 4.42 Å². The molecule has 0 spiro atoms. The standard InChI is InChI=1S/C14H10N4O/c1-9-13-16-17-14(12-7-4-8-19-12)18(13)11-6-3-2-5-10(11)15-9/h2-8H,1H3. The summed E-state index contributed by atoms with van der Waals surface area (Å²) in [6.45, 7) is 1.93. The zero-order valence-electron chi connectivity index (χ0n) is 10.2. The van der Waals surface area contributed by atoms with E-state index >= 15 is 0 Å². The fourth-order valence-corrected chi connectivity index (χ4v) is 2.29. The lowest BCUT2D eigenvalue weighted by Crippen LogP contribution is -1.96. The van der Waals surface area contributed by atoms with Crippen LogP contribution in [-0.2, 0) is 0 Å². The van der Waals surface area contributed by atoms with E-state index < -0.39 is 0 Å². The lowest BCUT2D eigenvalue weighted by Gasteiger charge is -2.04. The van der Waals surface area contributed by atoms with E-state index in [0.29, 0.717) is 11.6 Å². The highest BCUT2D eigenvalue weighted by Gasteiger charge is 2.15. The summed E-state index contributed by atoms with van der Waals surface area (Å²) in [5.41, 5.74) is 3.49. The molecule has 92 valence electrons. The first-order valence-electron chi connectivity index (χ1n) is 5.99. The Balaban J connectivity index is 2.22. The third kappa shape index (κ3) is 1.38. The largest absolute Gasteiger partial charge is 0.461 e. The van der Waals surface area contributed by atoms with Crippen molar-refractivity contribution >= 4 is 16.7 Å². The molecule has 3 aromatic heterocycles. The van der Waals surface area contributed by atoms with Crippen LogP contribution in [0.25, 0.3) is 28.3 Å². The lowest BCUT2D eigenvalue weighted by molar-refractivity contribution is 0.576. The first-order valence-corrected chi connectivity index (χ1v) is 5.99. The van der Waals surface area contributed by atoms with Gasteiger partial charge in [-0.15, -0.1) is 10.2 Å². The van der Waals surface area contributed by atoms with E-state index in [-0.39, 0.29) is 0 Å². The minimum absolute atomic E-state index is 0.696. The minimum atomic E-state index is 0.696. The van der Waals surface area contributed by atoms with Crippen LogP contribution in [-0.4, -0.2) is 19.6 Å². The molecule has 0 aliphatic carbocycles. The first kappa shape index (κ1) is 10.3. The number of aryl methyl sites for hydroxylation is 1. The Morgan fingerprint density at radius 2 is 1.95 bits per heavy atom. The minimum Gasteiger partial charge on any atom is -0.461 e. The molecule has 1 aromatic carbocycles. The molecular formula is C14H10N4O. The second kappa shape index (κ2) is 3.65. The van der Waals surface area contributed by atoms with Gasteiger partial charge >= 0.3 is 0 Å². The molecule has 0 N–H and O–H groups in total. The van der Waals surface area contributed by atoms with Crippen LogP contribution in [0.5, 0.6) is 0 Å². The number of furan rings is 1. The molecule has 0 radical (unpaired) electrons. The van der Waals surface area contributed by atoms with Gasteiger partial charge in [0.05, 0.1) is 23.0 Å². The van der Waals surface area contributed by atoms with Crippen molar-refractivity contribution in [3.63, 3.8) is 0 Å². The summed E-state index contributed by atoms with van der Waals surface area (Å²) in [4.78, 5) is 4.54. The smallest absolute Gasteiger partial charge is 0.204 e. The molecule has 0 saturated carbocycles. The Bertz CT molecular complexity index is 877. The lowest BCUT2D eigenvalue weighted by atomic mass is 10.2. The summed E-state index contributed by atoms with van der Waals surface area (Å²) in [7, 11) is 0. The van der Waals surface area contributed by atoms with Gasteiger partial charge in [-0.05, 0) is 31.2 Å². The van der Waals surface area contributed by atoms with Crippen LogP contribution in [0.2, 0.25) is 0 Å². The Morgan fingerprint density at radius 3 is 2.79 bits per heavy atom. The van der Waals surface area contributed by atoms with Crippen LogP contribution in [0.3, 0.4) is 0 Å². The van der Waals surface area contributed by atoms with Gasteiger partial charge in [-0.1, -0.05) is 12.1 Å². The van der Waals surface area contributed by atoms with Crippen molar-refractivity contribution in [2.24, 2.45) is 0 Å². The van der Waals surface area contributed by atoms with Gasteiger partial charge in [0.15, 0.2) is 11.4 Å². The van der Waals surface area contributed by atoms with Crippen LogP contribution in [0.4, 0.5) is 0 Å². The predicted molar refractivity (Wildman–Crippen MR) is 70.7 cm³/mol. The van der Waals surface area contributed by atoms with Gasteiger partial charge in [-0.25, -0.2) is 4.98 Å². The molecule has 5 nitrogen and oxygen atoms in total. The van der Waals surface area contributed by atoms with Crippen molar-refractivity contribution in [3.05, 3.63) is 48.4 Å². The van der Waals surface area contributed by atoms with Crippen LogP contribution in [0, 0.1) is 6.92 Å². The van der Waals surface area contributed by atoms with Crippen molar-refractivity contribution in [1.82, 2.24) is 19.6 Å². The summed E-state index contributed by atoms with van der Waals surface area (Å²) in [6.07, 6.45) is 1.63. The summed E-state index contributed by atoms with van der Waals surface area (Å²) >= 11 is 0. The molecule has 0 atom stereocenters. The maximum absolute atomic E-state index is 5.43. The van der Waals surface area contributed by atoms with Gasteiger partial charge in [-0.3, -0.25) is 4.40 Å². The van der Waals surface area contributed by atoms with E-state index in [1.165, 1.54) is 0 Å². The van der Waals surface area contributed by atoms with Gasteiger partial charge in [0, 0.05) is 0 Å². The highest BCUT2D eigenvalue weighted by Crippen LogP contribution is 2.24. The molecule has 0 aliphatic rings. The monoisotopic (exact) mass is 250 g/mol. The highest BCUT2D eigenvalue weighted by atomic mass is 16.3. The molecule has 19 heavy (non-hydrogen) atoms. The molecule has 0 bridgehead atoms. The Labute approximate surface area is 108 Å². The quantitative estimate of drug-likeness (QED) is 0.521. The fourth-order valence-electron chi connectivity index (χ4n) is 2.29. The Hall–Kier alpha value is -2.69. The van der Waals surface area contributed by atoms with Gasteiger partial charge in [0.1, 0.15) is 0 Å². The van der Waals surface area contributed by atoms with Crippen molar-refractivity contribution in [1.29, 1.82) is 0 Å². The first-order chi connectivity index (χ1) is 9.34. The average Bonchev–Trinajstić information content (AvgIpc) is 3.08. The van der Waals surface area contributed by atoms with Crippen LogP contribution >= 0.6 is 0 Å². The van der Waals surface area contributed by atoms with Crippen molar-refractivity contribution in [3.8, 4) is 11.6 Å². The molecule has 5 heteroatoms.